The summed E-state index contributed by atoms with van der Waals surface area (Å²) in [5, 5.41) is 0. The first-order valence-corrected chi connectivity index (χ1v) is 12.0. The van der Waals surface area contributed by atoms with Crippen LogP contribution in [0, 0.1) is 0 Å². The average Bonchev–Trinajstić information content (AvgIpc) is 2.82. The summed E-state index contributed by atoms with van der Waals surface area (Å²) in [7, 11) is 0. The van der Waals surface area contributed by atoms with Crippen LogP contribution in [0.25, 0.3) is 0 Å². The van der Waals surface area contributed by atoms with Crippen LogP contribution in [0.1, 0.15) is 37.5 Å². The van der Waals surface area contributed by atoms with Crippen LogP contribution in [-0.4, -0.2) is 71.3 Å². The van der Waals surface area contributed by atoms with Crippen LogP contribution < -0.4 is 0 Å². The highest BCUT2D eigenvalue weighted by Crippen LogP contribution is 2.25. The Morgan fingerprint density at radius 2 is 1.53 bits per heavy atom. The first-order valence-electron chi connectivity index (χ1n) is 12.0. The zero-order valence-electron chi connectivity index (χ0n) is 20.4. The molecule has 182 valence electrons. The quantitative estimate of drug-likeness (QED) is 0.674. The normalized spacial score (nSPS) is 18.9. The molecule has 2 aromatic rings. The Kier molecular flexibility index (Phi) is 7.41. The Balaban J connectivity index is 1.38. The molecule has 0 unspecified atom stereocenters. The molecule has 0 bridgehead atoms. The maximum Gasteiger partial charge on any atom is 0.410 e. The molecule has 0 radical (unpaired) electrons. The van der Waals surface area contributed by atoms with E-state index in [0.717, 1.165) is 31.6 Å². The summed E-state index contributed by atoms with van der Waals surface area (Å²) in [6.07, 6.45) is 0.253. The van der Waals surface area contributed by atoms with Crippen molar-refractivity contribution in [1.82, 2.24) is 14.7 Å². The summed E-state index contributed by atoms with van der Waals surface area (Å²) in [5.41, 5.74) is 2.94. The predicted octanol–water partition coefficient (Wildman–Crippen LogP) is 4.30. The van der Waals surface area contributed by atoms with Gasteiger partial charge in [0.05, 0.1) is 6.04 Å². The number of piperazine rings is 1. The van der Waals surface area contributed by atoms with Gasteiger partial charge in [0, 0.05) is 39.3 Å². The second-order valence-corrected chi connectivity index (χ2v) is 10.1. The first kappa shape index (κ1) is 24.1. The highest BCUT2D eigenvalue weighted by atomic mass is 16.6. The molecule has 2 amide bonds. The number of fused-ring (bicyclic) bond motifs is 1. The number of hydrogen-bond donors (Lipinski definition) is 0. The molecule has 0 N–H and O–H groups in total. The molecule has 7 nitrogen and oxygen atoms in total. The Morgan fingerprint density at radius 1 is 0.882 bits per heavy atom. The molecule has 2 aliphatic heterocycles. The van der Waals surface area contributed by atoms with Crippen molar-refractivity contribution in [3.63, 3.8) is 0 Å². The molecule has 1 saturated heterocycles. The molecule has 1 fully saturated rings. The number of carbonyl (C=O) groups excluding carboxylic acids is 2. The number of carbonyl (C=O) groups is 2. The van der Waals surface area contributed by atoms with E-state index in [-0.39, 0.29) is 24.8 Å². The smallest absolute Gasteiger partial charge is 0.410 e. The molecule has 0 aliphatic carbocycles. The van der Waals surface area contributed by atoms with Crippen LogP contribution >= 0.6 is 0 Å². The Morgan fingerprint density at radius 3 is 2.21 bits per heavy atom. The van der Waals surface area contributed by atoms with Gasteiger partial charge in [0.1, 0.15) is 12.2 Å². The molecule has 2 heterocycles. The molecule has 34 heavy (non-hydrogen) atoms. The average molecular weight is 466 g/mol. The fourth-order valence-corrected chi connectivity index (χ4v) is 4.50. The van der Waals surface area contributed by atoms with Crippen molar-refractivity contribution in [1.29, 1.82) is 0 Å². The molecule has 0 aromatic heterocycles. The van der Waals surface area contributed by atoms with E-state index >= 15 is 0 Å². The van der Waals surface area contributed by atoms with E-state index in [4.69, 9.17) is 9.47 Å². The van der Waals surface area contributed by atoms with Gasteiger partial charge in [0.25, 0.3) is 0 Å². The second-order valence-electron chi connectivity index (χ2n) is 10.1. The Bertz CT molecular complexity index is 981. The van der Waals surface area contributed by atoms with E-state index in [1.807, 2.05) is 62.1 Å². The largest absolute Gasteiger partial charge is 0.445 e. The summed E-state index contributed by atoms with van der Waals surface area (Å²) >= 11 is 0. The van der Waals surface area contributed by atoms with E-state index in [0.29, 0.717) is 19.6 Å². The van der Waals surface area contributed by atoms with Gasteiger partial charge in [-0.3, -0.25) is 9.80 Å². The highest BCUT2D eigenvalue weighted by molar-refractivity contribution is 5.69. The third-order valence-corrected chi connectivity index (χ3v) is 6.29. The molecule has 0 saturated carbocycles. The van der Waals surface area contributed by atoms with Crippen molar-refractivity contribution in [2.24, 2.45) is 0 Å². The van der Waals surface area contributed by atoms with Gasteiger partial charge >= 0.3 is 12.2 Å². The number of rotatable bonds is 4. The third-order valence-electron chi connectivity index (χ3n) is 6.29. The Hall–Kier alpha value is -3.06. The van der Waals surface area contributed by atoms with Gasteiger partial charge in [-0.25, -0.2) is 9.59 Å². The minimum Gasteiger partial charge on any atom is -0.445 e. The standard InChI is InChI=1S/C27H35N3O4/c1-27(2,3)34-25(31)29-15-13-28(14-16-29)19-24-17-22-11-7-8-12-23(22)18-30(24)26(32)33-20-21-9-5-4-6-10-21/h4-12,24H,13-20H2,1-3H3/t24-/m0/s1. The topological polar surface area (TPSA) is 62.3 Å². The van der Waals surface area contributed by atoms with Crippen molar-refractivity contribution in [3.8, 4) is 0 Å². The minimum atomic E-state index is -0.496. The van der Waals surface area contributed by atoms with Gasteiger partial charge < -0.3 is 14.4 Å². The van der Waals surface area contributed by atoms with E-state index in [9.17, 15) is 9.59 Å². The van der Waals surface area contributed by atoms with E-state index < -0.39 is 5.60 Å². The van der Waals surface area contributed by atoms with Gasteiger partial charge in [-0.15, -0.1) is 0 Å². The van der Waals surface area contributed by atoms with Crippen LogP contribution in [0.5, 0.6) is 0 Å². The number of ether oxygens (including phenoxy) is 2. The van der Waals surface area contributed by atoms with Gasteiger partial charge in [-0.05, 0) is 43.9 Å². The second kappa shape index (κ2) is 10.5. The van der Waals surface area contributed by atoms with Crippen LogP contribution in [0.4, 0.5) is 9.59 Å². The van der Waals surface area contributed by atoms with Crippen LogP contribution in [0.15, 0.2) is 54.6 Å². The van der Waals surface area contributed by atoms with Crippen molar-refractivity contribution in [2.45, 2.75) is 52.0 Å². The monoisotopic (exact) mass is 465 g/mol. The molecule has 7 heteroatoms. The lowest BCUT2D eigenvalue weighted by Gasteiger charge is -2.41. The highest BCUT2D eigenvalue weighted by Gasteiger charge is 2.33. The lowest BCUT2D eigenvalue weighted by atomic mass is 9.94. The fraction of sp³-hybridized carbons (Fsp3) is 0.481. The zero-order chi connectivity index (χ0) is 24.1. The van der Waals surface area contributed by atoms with Gasteiger partial charge in [0.2, 0.25) is 0 Å². The molecule has 1 atom stereocenters. The number of amides is 2. The lowest BCUT2D eigenvalue weighted by Crippen LogP contribution is -2.55. The SMILES string of the molecule is CC(C)(C)OC(=O)N1CCN(C[C@@H]2Cc3ccccc3CN2C(=O)OCc2ccccc2)CC1. The molecular formula is C27H35N3O4. The van der Waals surface area contributed by atoms with E-state index in [1.165, 1.54) is 11.1 Å². The maximum absolute atomic E-state index is 13.1. The summed E-state index contributed by atoms with van der Waals surface area (Å²) < 4.78 is 11.2. The van der Waals surface area contributed by atoms with Crippen LogP contribution in [-0.2, 0) is 29.0 Å². The first-order chi connectivity index (χ1) is 16.3. The lowest BCUT2D eigenvalue weighted by molar-refractivity contribution is 0.0109. The summed E-state index contributed by atoms with van der Waals surface area (Å²) in [4.78, 5) is 31.5. The Labute approximate surface area is 202 Å². The summed E-state index contributed by atoms with van der Waals surface area (Å²) in [6.45, 7) is 9.96. The van der Waals surface area contributed by atoms with Crippen molar-refractivity contribution in [2.75, 3.05) is 32.7 Å². The van der Waals surface area contributed by atoms with Gasteiger partial charge in [-0.2, -0.15) is 0 Å². The molecular weight excluding hydrogens is 430 g/mol. The third kappa shape index (κ3) is 6.29. The van der Waals surface area contributed by atoms with E-state index in [2.05, 4.69) is 23.1 Å². The molecule has 2 aromatic carbocycles. The van der Waals surface area contributed by atoms with Crippen molar-refractivity contribution in [3.05, 3.63) is 71.3 Å². The van der Waals surface area contributed by atoms with Crippen LogP contribution in [0.3, 0.4) is 0 Å². The van der Waals surface area contributed by atoms with Crippen molar-refractivity contribution < 1.29 is 19.1 Å². The molecule has 2 aliphatic rings. The summed E-state index contributed by atoms with van der Waals surface area (Å²) in [6, 6.07) is 18.1. The fourth-order valence-electron chi connectivity index (χ4n) is 4.50. The molecule has 0 spiro atoms. The molecule has 4 rings (SSSR count). The van der Waals surface area contributed by atoms with Crippen LogP contribution in [0.2, 0.25) is 0 Å². The van der Waals surface area contributed by atoms with Gasteiger partial charge in [-0.1, -0.05) is 54.6 Å². The van der Waals surface area contributed by atoms with Crippen molar-refractivity contribution >= 4 is 12.2 Å². The number of nitrogens with zero attached hydrogens (tertiary/aromatic N) is 3. The zero-order valence-corrected chi connectivity index (χ0v) is 20.4. The number of hydrogen-bond acceptors (Lipinski definition) is 5. The minimum absolute atomic E-state index is 0.0197. The predicted molar refractivity (Wildman–Crippen MR) is 130 cm³/mol. The van der Waals surface area contributed by atoms with E-state index in [1.54, 1.807) is 4.90 Å². The van der Waals surface area contributed by atoms with Gasteiger partial charge in [0.15, 0.2) is 0 Å². The maximum atomic E-state index is 13.1. The summed E-state index contributed by atoms with van der Waals surface area (Å²) in [5.74, 6) is 0. The number of benzene rings is 2.